The lowest BCUT2D eigenvalue weighted by atomic mass is 10.1. The zero-order chi connectivity index (χ0) is 16.8. The van der Waals surface area contributed by atoms with Gasteiger partial charge in [0.05, 0.1) is 18.8 Å². The molecule has 1 aliphatic rings. The Morgan fingerprint density at radius 2 is 2.22 bits per heavy atom. The van der Waals surface area contributed by atoms with Crippen LogP contribution in [-0.2, 0) is 14.3 Å². The summed E-state index contributed by atoms with van der Waals surface area (Å²) in [5, 5.41) is 3.24. The molecule has 0 fully saturated rings. The highest BCUT2D eigenvalue weighted by Crippen LogP contribution is 2.36. The van der Waals surface area contributed by atoms with E-state index in [1.807, 2.05) is 6.92 Å². The van der Waals surface area contributed by atoms with Gasteiger partial charge in [0.2, 0.25) is 11.8 Å². The number of amides is 2. The summed E-state index contributed by atoms with van der Waals surface area (Å²) in [4.78, 5) is 25.8. The zero-order valence-corrected chi connectivity index (χ0v) is 14.1. The number of benzene rings is 1. The van der Waals surface area contributed by atoms with Gasteiger partial charge in [-0.3, -0.25) is 9.59 Å². The van der Waals surface area contributed by atoms with Crippen molar-refractivity contribution in [1.82, 2.24) is 5.32 Å². The van der Waals surface area contributed by atoms with Crippen LogP contribution < -0.4 is 15.0 Å². The number of ether oxygens (including phenoxy) is 2. The van der Waals surface area contributed by atoms with Crippen molar-refractivity contribution in [3.8, 4) is 5.75 Å². The monoisotopic (exact) mass is 340 g/mol. The van der Waals surface area contributed by atoms with Crippen molar-refractivity contribution in [3.05, 3.63) is 23.2 Å². The zero-order valence-electron chi connectivity index (χ0n) is 13.3. The summed E-state index contributed by atoms with van der Waals surface area (Å²) in [6.45, 7) is 3.23. The van der Waals surface area contributed by atoms with Crippen molar-refractivity contribution in [2.45, 2.75) is 25.9 Å². The topological polar surface area (TPSA) is 67.9 Å². The summed E-state index contributed by atoms with van der Waals surface area (Å²) in [6, 6.07) is 5.19. The van der Waals surface area contributed by atoms with Gasteiger partial charge in [0, 0.05) is 31.5 Å². The number of carbonyl (C=O) groups excluding carboxylic acids is 2. The highest BCUT2D eigenvalue weighted by atomic mass is 35.5. The third kappa shape index (κ3) is 4.84. The first-order chi connectivity index (χ1) is 11.0. The van der Waals surface area contributed by atoms with Gasteiger partial charge in [-0.2, -0.15) is 0 Å². The molecule has 0 saturated carbocycles. The Kier molecular flexibility index (Phi) is 6.24. The normalized spacial score (nSPS) is 16.5. The molecule has 1 N–H and O–H groups in total. The Balaban J connectivity index is 1.97. The van der Waals surface area contributed by atoms with Gasteiger partial charge in [-0.25, -0.2) is 0 Å². The first-order valence-electron chi connectivity index (χ1n) is 7.53. The van der Waals surface area contributed by atoms with Crippen LogP contribution in [0.5, 0.6) is 5.75 Å². The summed E-state index contributed by atoms with van der Waals surface area (Å²) in [7, 11) is 1.57. The number of methoxy groups -OCH3 is 1. The molecule has 1 aromatic rings. The van der Waals surface area contributed by atoms with E-state index in [4.69, 9.17) is 21.1 Å². The van der Waals surface area contributed by atoms with Gasteiger partial charge in [0.25, 0.3) is 0 Å². The molecule has 126 valence electrons. The van der Waals surface area contributed by atoms with Gasteiger partial charge >= 0.3 is 0 Å². The molecule has 2 amide bonds. The molecule has 0 spiro atoms. The molecule has 1 unspecified atom stereocenters. The summed E-state index contributed by atoms with van der Waals surface area (Å²) < 4.78 is 10.6. The summed E-state index contributed by atoms with van der Waals surface area (Å²) in [5.74, 6) is 0.347. The molecular formula is C16H21ClN2O4. The predicted octanol–water partition coefficient (Wildman–Crippen LogP) is 2.00. The van der Waals surface area contributed by atoms with E-state index in [2.05, 4.69) is 5.32 Å². The van der Waals surface area contributed by atoms with Gasteiger partial charge in [-0.15, -0.1) is 0 Å². The van der Waals surface area contributed by atoms with Crippen LogP contribution in [0.3, 0.4) is 0 Å². The van der Waals surface area contributed by atoms with Crippen LogP contribution in [0.4, 0.5) is 5.69 Å². The lowest BCUT2D eigenvalue weighted by molar-refractivity contribution is -0.125. The molecule has 6 nitrogen and oxygen atoms in total. The molecule has 7 heteroatoms. The maximum atomic E-state index is 12.5. The molecule has 1 aliphatic heterocycles. The fourth-order valence-electron chi connectivity index (χ4n) is 2.38. The molecular weight excluding hydrogens is 320 g/mol. The van der Waals surface area contributed by atoms with Gasteiger partial charge in [0.15, 0.2) is 0 Å². The Morgan fingerprint density at radius 3 is 2.96 bits per heavy atom. The minimum absolute atomic E-state index is 0.108. The van der Waals surface area contributed by atoms with E-state index >= 15 is 0 Å². The molecule has 2 rings (SSSR count). The minimum atomic E-state index is -0.164. The van der Waals surface area contributed by atoms with Crippen molar-refractivity contribution in [1.29, 1.82) is 0 Å². The smallest absolute Gasteiger partial charge is 0.227 e. The fraction of sp³-hybridized carbons (Fsp3) is 0.500. The molecule has 23 heavy (non-hydrogen) atoms. The fourth-order valence-corrected chi connectivity index (χ4v) is 2.55. The Hall–Kier alpha value is -1.79. The third-order valence-electron chi connectivity index (χ3n) is 3.47. The van der Waals surface area contributed by atoms with Crippen LogP contribution >= 0.6 is 11.6 Å². The van der Waals surface area contributed by atoms with Crippen molar-refractivity contribution in [2.24, 2.45) is 0 Å². The number of anilines is 1. The molecule has 0 bridgehead atoms. The van der Waals surface area contributed by atoms with Crippen LogP contribution in [0.2, 0.25) is 5.02 Å². The lowest BCUT2D eigenvalue weighted by Crippen LogP contribution is -2.42. The van der Waals surface area contributed by atoms with E-state index in [1.165, 1.54) is 0 Å². The van der Waals surface area contributed by atoms with Crippen LogP contribution in [0.1, 0.15) is 19.8 Å². The number of nitrogens with one attached hydrogen (secondary N) is 1. The van der Waals surface area contributed by atoms with E-state index in [1.54, 1.807) is 30.2 Å². The van der Waals surface area contributed by atoms with Gasteiger partial charge in [-0.05, 0) is 25.1 Å². The number of hydrogen-bond acceptors (Lipinski definition) is 4. The molecule has 1 heterocycles. The second kappa shape index (κ2) is 8.17. The Morgan fingerprint density at radius 1 is 1.43 bits per heavy atom. The van der Waals surface area contributed by atoms with Crippen molar-refractivity contribution in [2.75, 3.05) is 31.7 Å². The highest BCUT2D eigenvalue weighted by molar-refractivity contribution is 6.31. The average molecular weight is 341 g/mol. The molecule has 0 aromatic heterocycles. The van der Waals surface area contributed by atoms with E-state index in [0.717, 1.165) is 0 Å². The average Bonchev–Trinajstić information content (AvgIpc) is 2.52. The van der Waals surface area contributed by atoms with Crippen LogP contribution in [0, 0.1) is 0 Å². The number of halogens is 1. The summed E-state index contributed by atoms with van der Waals surface area (Å²) >= 11 is 6.01. The molecule has 1 aromatic carbocycles. The number of fused-ring (bicyclic) bond motifs is 1. The maximum absolute atomic E-state index is 12.5. The number of hydrogen-bond donors (Lipinski definition) is 1. The van der Waals surface area contributed by atoms with Crippen LogP contribution in [-0.4, -0.2) is 44.7 Å². The van der Waals surface area contributed by atoms with Crippen LogP contribution in [0.25, 0.3) is 0 Å². The second-order valence-electron chi connectivity index (χ2n) is 5.39. The van der Waals surface area contributed by atoms with E-state index in [-0.39, 0.29) is 30.8 Å². The maximum Gasteiger partial charge on any atom is 0.227 e. The lowest BCUT2D eigenvalue weighted by Gasteiger charge is -2.33. The van der Waals surface area contributed by atoms with Crippen molar-refractivity contribution in [3.63, 3.8) is 0 Å². The largest absolute Gasteiger partial charge is 0.487 e. The minimum Gasteiger partial charge on any atom is -0.487 e. The molecule has 1 atom stereocenters. The molecule has 0 radical (unpaired) electrons. The van der Waals surface area contributed by atoms with E-state index < -0.39 is 0 Å². The Bertz CT molecular complexity index is 579. The van der Waals surface area contributed by atoms with Crippen molar-refractivity contribution < 1.29 is 19.1 Å². The summed E-state index contributed by atoms with van der Waals surface area (Å²) in [5.41, 5.74) is 0.653. The molecule has 0 saturated heterocycles. The van der Waals surface area contributed by atoms with Gasteiger partial charge < -0.3 is 19.7 Å². The van der Waals surface area contributed by atoms with Crippen molar-refractivity contribution >= 4 is 29.1 Å². The van der Waals surface area contributed by atoms with E-state index in [9.17, 15) is 9.59 Å². The van der Waals surface area contributed by atoms with Gasteiger partial charge in [-0.1, -0.05) is 11.6 Å². The standard InChI is InChI=1S/C16H21ClN2O4/c1-11-10-19(13-9-12(17)3-4-14(13)23-11)16(21)6-5-15(20)18-7-8-22-2/h3-4,9,11H,5-8,10H2,1-2H3,(H,18,20). The van der Waals surface area contributed by atoms with Crippen LogP contribution in [0.15, 0.2) is 18.2 Å². The quantitative estimate of drug-likeness (QED) is 0.804. The first-order valence-corrected chi connectivity index (χ1v) is 7.91. The summed E-state index contributed by atoms with van der Waals surface area (Å²) in [6.07, 6.45) is 0.171. The number of rotatable bonds is 6. The predicted molar refractivity (Wildman–Crippen MR) is 88.0 cm³/mol. The SMILES string of the molecule is COCCNC(=O)CCC(=O)N1CC(C)Oc2ccc(Cl)cc21. The number of nitrogens with zero attached hydrogens (tertiary/aromatic N) is 1. The third-order valence-corrected chi connectivity index (χ3v) is 3.71. The molecule has 0 aliphatic carbocycles. The highest BCUT2D eigenvalue weighted by Gasteiger charge is 2.27. The van der Waals surface area contributed by atoms with Gasteiger partial charge in [0.1, 0.15) is 11.9 Å². The second-order valence-corrected chi connectivity index (χ2v) is 5.82. The Labute approximate surface area is 140 Å². The number of carbonyl (C=O) groups is 2. The van der Waals surface area contributed by atoms with E-state index in [0.29, 0.717) is 36.2 Å². The first kappa shape index (κ1) is 17.6.